The van der Waals surface area contributed by atoms with E-state index >= 15 is 0 Å². The van der Waals surface area contributed by atoms with Gasteiger partial charge in [-0.05, 0) is 27.2 Å². The molecule has 16 heavy (non-hydrogen) atoms. The van der Waals surface area contributed by atoms with Crippen LogP contribution in [0.15, 0.2) is 0 Å². The Bertz CT molecular complexity index is 247. The average Bonchev–Trinajstić information content (AvgIpc) is 2.21. The molecule has 1 rings (SSSR count). The van der Waals surface area contributed by atoms with Gasteiger partial charge in [0.1, 0.15) is 12.8 Å². The zero-order chi connectivity index (χ0) is 12.3. The maximum atomic E-state index is 13.7. The molecule has 1 aliphatic rings. The van der Waals surface area contributed by atoms with Crippen molar-refractivity contribution in [2.24, 2.45) is 0 Å². The minimum absolute atomic E-state index is 0.0119. The summed E-state index contributed by atoms with van der Waals surface area (Å²) in [5.41, 5.74) is 0. The number of carbonyl (C=O) groups is 1. The summed E-state index contributed by atoms with van der Waals surface area (Å²) in [6.45, 7) is 5.02. The first-order chi connectivity index (χ1) is 7.45. The second-order valence-electron chi connectivity index (χ2n) is 4.53. The van der Waals surface area contributed by atoms with E-state index in [0.717, 1.165) is 0 Å². The summed E-state index contributed by atoms with van der Waals surface area (Å²) in [5, 5.41) is 8.76. The molecule has 0 aromatic rings. The highest BCUT2D eigenvalue weighted by Gasteiger charge is 2.36. The Morgan fingerprint density at radius 2 is 2.25 bits per heavy atom. The van der Waals surface area contributed by atoms with Crippen molar-refractivity contribution in [3.05, 3.63) is 0 Å². The third-order valence-corrected chi connectivity index (χ3v) is 2.78. The largest absolute Gasteiger partial charge is 0.387 e. The second-order valence-corrected chi connectivity index (χ2v) is 4.53. The van der Waals surface area contributed by atoms with E-state index < -0.39 is 24.8 Å². The van der Waals surface area contributed by atoms with Gasteiger partial charge in [-0.15, -0.1) is 0 Å². The van der Waals surface area contributed by atoms with Crippen molar-refractivity contribution in [2.45, 2.75) is 51.6 Å². The summed E-state index contributed by atoms with van der Waals surface area (Å²) in [5.74, 6) is -0.418. The Kier molecular flexibility index (Phi) is 4.68. The van der Waals surface area contributed by atoms with Crippen LogP contribution in [0.3, 0.4) is 0 Å². The first-order valence-corrected chi connectivity index (χ1v) is 5.65. The first-order valence-electron chi connectivity index (χ1n) is 5.65. The maximum Gasteiger partial charge on any atom is 0.248 e. The van der Waals surface area contributed by atoms with Gasteiger partial charge in [-0.2, -0.15) is 0 Å². The molecular formula is C11H20FNO3. The number of alkyl halides is 1. The minimum atomic E-state index is -1.17. The lowest BCUT2D eigenvalue weighted by Crippen LogP contribution is -2.53. The lowest BCUT2D eigenvalue weighted by Gasteiger charge is -2.39. The van der Waals surface area contributed by atoms with Crippen LogP contribution in [-0.2, 0) is 9.53 Å². The number of likely N-dealkylation sites (tertiary alicyclic amines) is 1. The topological polar surface area (TPSA) is 49.8 Å². The van der Waals surface area contributed by atoms with Crippen molar-refractivity contribution in [2.75, 3.05) is 13.2 Å². The van der Waals surface area contributed by atoms with Crippen LogP contribution in [0.5, 0.6) is 0 Å². The van der Waals surface area contributed by atoms with Crippen LogP contribution in [0.2, 0.25) is 0 Å². The third kappa shape index (κ3) is 3.15. The van der Waals surface area contributed by atoms with Gasteiger partial charge in [0.05, 0.1) is 18.8 Å². The number of halogens is 1. The van der Waals surface area contributed by atoms with E-state index in [0.29, 0.717) is 6.42 Å². The molecule has 0 bridgehead atoms. The summed E-state index contributed by atoms with van der Waals surface area (Å²) < 4.78 is 19.2. The lowest BCUT2D eigenvalue weighted by atomic mass is 9.99. The number of aliphatic hydroxyl groups is 1. The molecule has 1 heterocycles. The van der Waals surface area contributed by atoms with E-state index in [1.807, 2.05) is 20.8 Å². The van der Waals surface area contributed by atoms with Crippen LogP contribution in [0.1, 0.15) is 27.2 Å². The molecule has 1 aliphatic heterocycles. The molecule has 94 valence electrons. The molecule has 1 N–H and O–H groups in total. The number of amides is 1. The van der Waals surface area contributed by atoms with Gasteiger partial charge < -0.3 is 14.7 Å². The van der Waals surface area contributed by atoms with E-state index in [1.54, 1.807) is 0 Å². The van der Waals surface area contributed by atoms with E-state index in [9.17, 15) is 9.18 Å². The fourth-order valence-electron chi connectivity index (χ4n) is 2.03. The molecule has 0 spiro atoms. The third-order valence-electron chi connectivity index (χ3n) is 2.78. The van der Waals surface area contributed by atoms with Gasteiger partial charge in [-0.1, -0.05) is 0 Å². The van der Waals surface area contributed by atoms with Crippen molar-refractivity contribution in [3.63, 3.8) is 0 Å². The van der Waals surface area contributed by atoms with Crippen LogP contribution in [0.4, 0.5) is 4.39 Å². The summed E-state index contributed by atoms with van der Waals surface area (Å²) in [4.78, 5) is 12.7. The number of hydrogen-bond acceptors (Lipinski definition) is 3. The van der Waals surface area contributed by atoms with Crippen LogP contribution >= 0.6 is 0 Å². The SMILES string of the molecule is CC(C)O[C@H]1C[C@H](C)N(C(=O)CO)C[C@H]1F. The summed E-state index contributed by atoms with van der Waals surface area (Å²) in [6.07, 6.45) is -1.16. The molecule has 1 saturated heterocycles. The van der Waals surface area contributed by atoms with E-state index in [-0.39, 0.29) is 18.7 Å². The van der Waals surface area contributed by atoms with Crippen molar-refractivity contribution in [1.29, 1.82) is 0 Å². The quantitative estimate of drug-likeness (QED) is 0.782. The van der Waals surface area contributed by atoms with Crippen molar-refractivity contribution >= 4 is 5.91 Å². The highest BCUT2D eigenvalue weighted by atomic mass is 19.1. The number of nitrogens with zero attached hydrogens (tertiary/aromatic N) is 1. The van der Waals surface area contributed by atoms with Gasteiger partial charge in [-0.3, -0.25) is 4.79 Å². The predicted molar refractivity (Wildman–Crippen MR) is 57.8 cm³/mol. The van der Waals surface area contributed by atoms with E-state index in [2.05, 4.69) is 0 Å². The monoisotopic (exact) mass is 233 g/mol. The van der Waals surface area contributed by atoms with Gasteiger partial charge in [0.15, 0.2) is 0 Å². The molecule has 1 amide bonds. The van der Waals surface area contributed by atoms with Gasteiger partial charge in [0, 0.05) is 6.04 Å². The molecule has 0 saturated carbocycles. The van der Waals surface area contributed by atoms with Gasteiger partial charge in [0.25, 0.3) is 0 Å². The fraction of sp³-hybridized carbons (Fsp3) is 0.909. The zero-order valence-electron chi connectivity index (χ0n) is 10.0. The summed E-state index contributed by atoms with van der Waals surface area (Å²) in [7, 11) is 0. The minimum Gasteiger partial charge on any atom is -0.387 e. The van der Waals surface area contributed by atoms with Crippen molar-refractivity contribution in [3.8, 4) is 0 Å². The highest BCUT2D eigenvalue weighted by Crippen LogP contribution is 2.23. The normalized spacial score (nSPS) is 30.9. The number of piperidine rings is 1. The molecule has 0 aromatic carbocycles. The van der Waals surface area contributed by atoms with Gasteiger partial charge in [0.2, 0.25) is 5.91 Å². The summed E-state index contributed by atoms with van der Waals surface area (Å²) in [6, 6.07) is -0.0876. The van der Waals surface area contributed by atoms with Crippen LogP contribution < -0.4 is 0 Å². The Morgan fingerprint density at radius 3 is 2.75 bits per heavy atom. The Labute approximate surface area is 95.4 Å². The first kappa shape index (κ1) is 13.4. The number of carbonyl (C=O) groups excluding carboxylic acids is 1. The number of aliphatic hydroxyl groups excluding tert-OH is 1. The lowest BCUT2D eigenvalue weighted by molar-refractivity contribution is -0.145. The van der Waals surface area contributed by atoms with E-state index in [1.165, 1.54) is 4.90 Å². The average molecular weight is 233 g/mol. The Balaban J connectivity index is 2.59. The van der Waals surface area contributed by atoms with Crippen LogP contribution in [0.25, 0.3) is 0 Å². The van der Waals surface area contributed by atoms with Crippen molar-refractivity contribution in [1.82, 2.24) is 4.90 Å². The molecule has 0 aliphatic carbocycles. The number of rotatable bonds is 3. The zero-order valence-corrected chi connectivity index (χ0v) is 10.0. The van der Waals surface area contributed by atoms with Crippen LogP contribution in [0, 0.1) is 0 Å². The smallest absolute Gasteiger partial charge is 0.248 e. The van der Waals surface area contributed by atoms with Crippen LogP contribution in [-0.4, -0.2) is 53.5 Å². The number of hydrogen-bond donors (Lipinski definition) is 1. The fourth-order valence-corrected chi connectivity index (χ4v) is 2.03. The maximum absolute atomic E-state index is 13.7. The standard InChI is InChI=1S/C11H20FNO3/c1-7(2)16-10-4-8(3)13(5-9(10)12)11(15)6-14/h7-10,14H,4-6H2,1-3H3/t8-,9+,10-/m0/s1. The Morgan fingerprint density at radius 1 is 1.62 bits per heavy atom. The molecule has 4 nitrogen and oxygen atoms in total. The Hall–Kier alpha value is -0.680. The van der Waals surface area contributed by atoms with E-state index in [4.69, 9.17) is 9.84 Å². The van der Waals surface area contributed by atoms with Crippen molar-refractivity contribution < 1.29 is 19.0 Å². The molecule has 0 radical (unpaired) electrons. The molecule has 0 aromatic heterocycles. The molecule has 1 fully saturated rings. The highest BCUT2D eigenvalue weighted by molar-refractivity contribution is 5.77. The number of ether oxygens (including phenoxy) is 1. The predicted octanol–water partition coefficient (Wildman–Crippen LogP) is 0.731. The second kappa shape index (κ2) is 5.59. The van der Waals surface area contributed by atoms with Gasteiger partial charge >= 0.3 is 0 Å². The molecule has 0 unspecified atom stereocenters. The van der Waals surface area contributed by atoms with Gasteiger partial charge in [-0.25, -0.2) is 4.39 Å². The molecule has 3 atom stereocenters. The summed E-state index contributed by atoms with van der Waals surface area (Å²) >= 11 is 0. The molecule has 5 heteroatoms. The molecular weight excluding hydrogens is 213 g/mol.